The summed E-state index contributed by atoms with van der Waals surface area (Å²) in [6, 6.07) is 11.6. The van der Waals surface area contributed by atoms with Gasteiger partial charge in [-0.3, -0.25) is 9.59 Å². The van der Waals surface area contributed by atoms with E-state index in [0.29, 0.717) is 17.7 Å². The highest BCUT2D eigenvalue weighted by atomic mass is 16.1. The van der Waals surface area contributed by atoms with Crippen LogP contribution in [0.25, 0.3) is 11.6 Å². The summed E-state index contributed by atoms with van der Waals surface area (Å²) >= 11 is 0. The number of carbonyl (C=O) groups is 2. The standard InChI is InChI=1S/C22H25N3O2/c1-5-17(10-16-8-6-7-15(2)9-16)22-19(21(27)13-23-3)11-18(25-14-26)12-20(22)24-4/h5-12,14,23-24H,1,13H2,2-4H3,(H,25,26)/b17-10+. The minimum absolute atomic E-state index is 0.0736. The first-order valence-electron chi connectivity index (χ1n) is 8.69. The van der Waals surface area contributed by atoms with E-state index in [9.17, 15) is 9.59 Å². The quantitative estimate of drug-likeness (QED) is 0.275. The fourth-order valence-electron chi connectivity index (χ4n) is 2.95. The molecule has 140 valence electrons. The molecule has 0 bridgehead atoms. The van der Waals surface area contributed by atoms with Gasteiger partial charge in [0.15, 0.2) is 5.78 Å². The zero-order chi connectivity index (χ0) is 19.8. The van der Waals surface area contributed by atoms with Crippen molar-refractivity contribution in [3.63, 3.8) is 0 Å². The van der Waals surface area contributed by atoms with Crippen LogP contribution in [0.3, 0.4) is 0 Å². The van der Waals surface area contributed by atoms with E-state index in [1.165, 1.54) is 0 Å². The lowest BCUT2D eigenvalue weighted by molar-refractivity contribution is -0.105. The van der Waals surface area contributed by atoms with Crippen LogP contribution in [0, 0.1) is 6.92 Å². The highest BCUT2D eigenvalue weighted by molar-refractivity contribution is 6.08. The summed E-state index contributed by atoms with van der Waals surface area (Å²) in [5.41, 5.74) is 5.55. The lowest BCUT2D eigenvalue weighted by atomic mass is 9.92. The number of hydrogen-bond acceptors (Lipinski definition) is 4. The summed E-state index contributed by atoms with van der Waals surface area (Å²) in [5.74, 6) is -0.0736. The van der Waals surface area contributed by atoms with E-state index in [-0.39, 0.29) is 12.3 Å². The molecule has 1 amide bonds. The van der Waals surface area contributed by atoms with E-state index in [1.807, 2.05) is 31.2 Å². The Hall–Kier alpha value is -3.18. The number of likely N-dealkylation sites (N-methyl/N-ethyl adjacent to an activating group) is 1. The van der Waals surface area contributed by atoms with Crippen molar-refractivity contribution >= 4 is 35.2 Å². The lowest BCUT2D eigenvalue weighted by Gasteiger charge is -2.17. The Bertz CT molecular complexity index is 885. The maximum atomic E-state index is 12.7. The van der Waals surface area contributed by atoms with Crippen LogP contribution < -0.4 is 16.0 Å². The topological polar surface area (TPSA) is 70.2 Å². The van der Waals surface area contributed by atoms with Crippen LogP contribution in [-0.2, 0) is 4.79 Å². The Morgan fingerprint density at radius 3 is 2.56 bits per heavy atom. The summed E-state index contributed by atoms with van der Waals surface area (Å²) in [6.45, 7) is 6.17. The Morgan fingerprint density at radius 1 is 1.19 bits per heavy atom. The second-order valence-corrected chi connectivity index (χ2v) is 6.13. The molecular weight excluding hydrogens is 338 g/mol. The third kappa shape index (κ3) is 4.92. The number of aryl methyl sites for hydroxylation is 1. The summed E-state index contributed by atoms with van der Waals surface area (Å²) in [4.78, 5) is 23.6. The molecule has 2 rings (SSSR count). The first-order valence-corrected chi connectivity index (χ1v) is 8.69. The summed E-state index contributed by atoms with van der Waals surface area (Å²) in [7, 11) is 3.50. The first kappa shape index (κ1) is 20.1. The minimum Gasteiger partial charge on any atom is -0.388 e. The van der Waals surface area contributed by atoms with Gasteiger partial charge in [-0.05, 0) is 43.3 Å². The van der Waals surface area contributed by atoms with Gasteiger partial charge in [0.25, 0.3) is 0 Å². The Balaban J connectivity index is 2.71. The van der Waals surface area contributed by atoms with Crippen molar-refractivity contribution in [3.8, 4) is 0 Å². The molecule has 0 radical (unpaired) electrons. The second kappa shape index (κ2) is 9.50. The molecule has 5 heteroatoms. The maximum Gasteiger partial charge on any atom is 0.211 e. The van der Waals surface area contributed by atoms with Gasteiger partial charge < -0.3 is 16.0 Å². The van der Waals surface area contributed by atoms with E-state index in [4.69, 9.17) is 0 Å². The van der Waals surface area contributed by atoms with E-state index in [2.05, 4.69) is 28.6 Å². The van der Waals surface area contributed by atoms with Crippen molar-refractivity contribution in [2.24, 2.45) is 0 Å². The van der Waals surface area contributed by atoms with E-state index < -0.39 is 0 Å². The molecule has 0 aliphatic heterocycles. The smallest absolute Gasteiger partial charge is 0.211 e. The minimum atomic E-state index is -0.0736. The molecule has 5 nitrogen and oxygen atoms in total. The first-order chi connectivity index (χ1) is 13.0. The number of anilines is 2. The van der Waals surface area contributed by atoms with Crippen molar-refractivity contribution in [1.29, 1.82) is 0 Å². The fourth-order valence-corrected chi connectivity index (χ4v) is 2.95. The van der Waals surface area contributed by atoms with Gasteiger partial charge in [0.1, 0.15) is 0 Å². The molecule has 0 aliphatic rings. The molecule has 0 unspecified atom stereocenters. The fraction of sp³-hybridized carbons (Fsp3) is 0.182. The summed E-state index contributed by atoms with van der Waals surface area (Å²) < 4.78 is 0. The van der Waals surface area contributed by atoms with Crippen LogP contribution in [0.5, 0.6) is 0 Å². The van der Waals surface area contributed by atoms with Crippen LogP contribution in [0.1, 0.15) is 27.0 Å². The number of allylic oxidation sites excluding steroid dienone is 2. The number of rotatable bonds is 9. The molecule has 0 saturated heterocycles. The number of carbonyl (C=O) groups excluding carboxylic acids is 2. The number of hydrogen-bond donors (Lipinski definition) is 3. The van der Waals surface area contributed by atoms with Crippen molar-refractivity contribution in [1.82, 2.24) is 5.32 Å². The Labute approximate surface area is 160 Å². The zero-order valence-electron chi connectivity index (χ0n) is 15.9. The summed E-state index contributed by atoms with van der Waals surface area (Å²) in [5, 5.41) is 8.64. The predicted molar refractivity (Wildman–Crippen MR) is 113 cm³/mol. The molecule has 0 fully saturated rings. The van der Waals surface area contributed by atoms with Gasteiger partial charge in [-0.15, -0.1) is 0 Å². The number of nitrogens with one attached hydrogen (secondary N) is 3. The molecule has 0 heterocycles. The maximum absolute atomic E-state index is 12.7. The van der Waals surface area contributed by atoms with Crippen molar-refractivity contribution < 1.29 is 9.59 Å². The molecule has 2 aromatic rings. The summed E-state index contributed by atoms with van der Waals surface area (Å²) in [6.07, 6.45) is 4.33. The average Bonchev–Trinajstić information content (AvgIpc) is 2.66. The van der Waals surface area contributed by atoms with E-state index >= 15 is 0 Å². The zero-order valence-corrected chi connectivity index (χ0v) is 15.9. The van der Waals surface area contributed by atoms with Crippen molar-refractivity contribution in [2.75, 3.05) is 31.3 Å². The number of amides is 1. The predicted octanol–water partition coefficient (Wildman–Crippen LogP) is 3.73. The highest BCUT2D eigenvalue weighted by Crippen LogP contribution is 2.33. The Kier molecular flexibility index (Phi) is 7.08. The molecule has 3 N–H and O–H groups in total. The van der Waals surface area contributed by atoms with Gasteiger partial charge in [0.05, 0.1) is 6.54 Å². The van der Waals surface area contributed by atoms with Gasteiger partial charge in [-0.25, -0.2) is 0 Å². The van der Waals surface area contributed by atoms with Crippen LogP contribution in [0.2, 0.25) is 0 Å². The van der Waals surface area contributed by atoms with Crippen LogP contribution in [0.4, 0.5) is 11.4 Å². The molecule has 0 aromatic heterocycles. The third-order valence-electron chi connectivity index (χ3n) is 4.14. The average molecular weight is 363 g/mol. The monoisotopic (exact) mass is 363 g/mol. The SMILES string of the molecule is C=C/C(=C\c1cccc(C)c1)c1c(NC)cc(NC=O)cc1C(=O)CNC. The van der Waals surface area contributed by atoms with Gasteiger partial charge in [-0.1, -0.05) is 42.5 Å². The lowest BCUT2D eigenvalue weighted by Crippen LogP contribution is -2.20. The molecule has 0 atom stereocenters. The third-order valence-corrected chi connectivity index (χ3v) is 4.14. The largest absolute Gasteiger partial charge is 0.388 e. The molecule has 0 saturated carbocycles. The molecule has 2 aromatic carbocycles. The van der Waals surface area contributed by atoms with Crippen LogP contribution >= 0.6 is 0 Å². The molecular formula is C22H25N3O2. The van der Waals surface area contributed by atoms with Crippen molar-refractivity contribution in [2.45, 2.75) is 6.92 Å². The molecule has 0 spiro atoms. The van der Waals surface area contributed by atoms with Crippen molar-refractivity contribution in [3.05, 3.63) is 71.3 Å². The van der Waals surface area contributed by atoms with Crippen LogP contribution in [0.15, 0.2) is 49.1 Å². The second-order valence-electron chi connectivity index (χ2n) is 6.13. The van der Waals surface area contributed by atoms with Gasteiger partial charge in [-0.2, -0.15) is 0 Å². The van der Waals surface area contributed by atoms with Gasteiger partial charge in [0.2, 0.25) is 6.41 Å². The molecule has 0 aliphatic carbocycles. The Morgan fingerprint density at radius 2 is 1.96 bits per heavy atom. The van der Waals surface area contributed by atoms with E-state index in [1.54, 1.807) is 32.3 Å². The number of Topliss-reactive ketones (excluding diaryl/α,β-unsaturated/α-hetero) is 1. The highest BCUT2D eigenvalue weighted by Gasteiger charge is 2.18. The number of benzene rings is 2. The van der Waals surface area contributed by atoms with Crippen LogP contribution in [-0.4, -0.2) is 32.8 Å². The normalized spacial score (nSPS) is 11.0. The van der Waals surface area contributed by atoms with E-state index in [0.717, 1.165) is 28.0 Å². The van der Waals surface area contributed by atoms with Gasteiger partial charge >= 0.3 is 0 Å². The van der Waals surface area contributed by atoms with Gasteiger partial charge in [0, 0.05) is 29.5 Å². The molecule has 27 heavy (non-hydrogen) atoms. The number of ketones is 1.